The van der Waals surface area contributed by atoms with Crippen molar-refractivity contribution in [1.29, 1.82) is 0 Å². The topological polar surface area (TPSA) is 165 Å². The molecule has 59 heavy (non-hydrogen) atoms. The van der Waals surface area contributed by atoms with Gasteiger partial charge >= 0.3 is 0 Å². The number of ether oxygens (including phenoxy) is 2. The van der Waals surface area contributed by atoms with E-state index in [2.05, 4.69) is 47.8 Å². The van der Waals surface area contributed by atoms with Crippen molar-refractivity contribution in [3.63, 3.8) is 0 Å². The first-order valence-corrected chi connectivity index (χ1v) is 23.1. The number of nitrogens with zero attached hydrogens (tertiary/aromatic N) is 6. The Morgan fingerprint density at radius 1 is 1.05 bits per heavy atom. The molecule has 3 aliphatic heterocycles. The molecule has 0 radical (unpaired) electrons. The van der Waals surface area contributed by atoms with Gasteiger partial charge in [-0.1, -0.05) is 85.0 Å². The fourth-order valence-electron chi connectivity index (χ4n) is 9.58. The lowest BCUT2D eigenvalue weighted by molar-refractivity contribution is -0.385. The van der Waals surface area contributed by atoms with Crippen molar-refractivity contribution in [3.8, 4) is 5.75 Å². The van der Waals surface area contributed by atoms with Crippen LogP contribution >= 0.6 is 0 Å². The molecule has 0 bridgehead atoms. The molecule has 15 heteroatoms. The molecule has 306 valence electrons. The number of fused-ring (bicyclic) bond motifs is 2. The van der Waals surface area contributed by atoms with E-state index < -0.39 is 24.7 Å². The summed E-state index contributed by atoms with van der Waals surface area (Å²) in [5.74, 6) is -0.222. The second-order valence-corrected chi connectivity index (χ2v) is 20.9. The fraction of sp³-hybridized carbons (Fsp3) is 0.364. The van der Waals surface area contributed by atoms with E-state index in [0.717, 1.165) is 22.6 Å². The lowest BCUT2D eigenvalue weighted by atomic mass is 9.82. The van der Waals surface area contributed by atoms with Gasteiger partial charge in [-0.05, 0) is 53.4 Å². The molecule has 1 spiro atoms. The minimum atomic E-state index is -2.51. The number of aryl methyl sites for hydroxylation is 1. The summed E-state index contributed by atoms with van der Waals surface area (Å²) < 4.78 is 14.5. The van der Waals surface area contributed by atoms with Gasteiger partial charge in [-0.2, -0.15) is 0 Å². The van der Waals surface area contributed by atoms with Gasteiger partial charge in [0.15, 0.2) is 5.60 Å². The second kappa shape index (κ2) is 16.1. The molecule has 1 aromatic heterocycles. The number of aliphatic hydroxyl groups is 1. The van der Waals surface area contributed by atoms with Gasteiger partial charge < -0.3 is 29.7 Å². The Balaban J connectivity index is 1.15. The number of rotatable bonds is 13. The molecule has 3 aliphatic rings. The van der Waals surface area contributed by atoms with E-state index in [1.54, 1.807) is 27.7 Å². The number of piperazine rings is 1. The van der Waals surface area contributed by atoms with Gasteiger partial charge in [0.25, 0.3) is 11.6 Å². The maximum Gasteiger partial charge on any atom is 0.269 e. The van der Waals surface area contributed by atoms with Crippen molar-refractivity contribution in [2.24, 2.45) is 5.92 Å². The lowest BCUT2D eigenvalue weighted by Gasteiger charge is -2.37. The molecule has 5 aromatic rings. The smallest absolute Gasteiger partial charge is 0.269 e. The van der Waals surface area contributed by atoms with E-state index in [4.69, 9.17) is 9.47 Å². The highest BCUT2D eigenvalue weighted by atomic mass is 28.3. The van der Waals surface area contributed by atoms with Crippen LogP contribution in [0.15, 0.2) is 103 Å². The van der Waals surface area contributed by atoms with Gasteiger partial charge in [0.2, 0.25) is 5.91 Å². The zero-order valence-corrected chi connectivity index (χ0v) is 34.7. The normalized spacial score (nSPS) is 22.2. The van der Waals surface area contributed by atoms with Crippen LogP contribution in [0.4, 0.5) is 17.1 Å². The maximum atomic E-state index is 15.3. The summed E-state index contributed by atoms with van der Waals surface area (Å²) in [6.07, 6.45) is 1.91. The summed E-state index contributed by atoms with van der Waals surface area (Å²) in [5, 5.41) is 35.7. The van der Waals surface area contributed by atoms with Crippen LogP contribution in [0.3, 0.4) is 0 Å². The summed E-state index contributed by atoms with van der Waals surface area (Å²) in [6.45, 7) is 8.72. The summed E-state index contributed by atoms with van der Waals surface area (Å²) in [5.41, 5.74) is 2.57. The number of nitrogens with one attached hydrogen (secondary N) is 1. The van der Waals surface area contributed by atoms with Gasteiger partial charge in [-0.15, -0.1) is 5.10 Å². The Kier molecular flexibility index (Phi) is 11.0. The Morgan fingerprint density at radius 2 is 1.80 bits per heavy atom. The number of amides is 2. The van der Waals surface area contributed by atoms with Crippen LogP contribution in [0.5, 0.6) is 5.75 Å². The predicted molar refractivity (Wildman–Crippen MR) is 226 cm³/mol. The minimum absolute atomic E-state index is 0.000393. The summed E-state index contributed by atoms with van der Waals surface area (Å²) in [4.78, 5) is 43.2. The van der Waals surface area contributed by atoms with E-state index in [0.29, 0.717) is 43.0 Å². The highest BCUT2D eigenvalue weighted by Crippen LogP contribution is 2.60. The van der Waals surface area contributed by atoms with E-state index in [9.17, 15) is 20.0 Å². The molecule has 1 unspecified atom stereocenters. The summed E-state index contributed by atoms with van der Waals surface area (Å²) >= 11 is 0. The van der Waals surface area contributed by atoms with Crippen molar-refractivity contribution >= 4 is 42.1 Å². The number of carbonyl (C=O) groups is 2. The van der Waals surface area contributed by atoms with Crippen molar-refractivity contribution in [3.05, 3.63) is 136 Å². The molecule has 4 aromatic carbocycles. The number of aromatic nitrogens is 3. The van der Waals surface area contributed by atoms with Crippen molar-refractivity contribution in [2.45, 2.75) is 62.7 Å². The predicted octanol–water partition coefficient (Wildman–Crippen LogP) is 5.11. The number of carbonyl (C=O) groups excluding carboxylic acids is 2. The van der Waals surface area contributed by atoms with Crippen LogP contribution in [-0.2, 0) is 33.0 Å². The van der Waals surface area contributed by atoms with Crippen LogP contribution in [-0.4, -0.2) is 84.4 Å². The number of anilines is 2. The molecule has 0 aliphatic carbocycles. The maximum absolute atomic E-state index is 15.3. The Morgan fingerprint density at radius 3 is 2.47 bits per heavy atom. The van der Waals surface area contributed by atoms with E-state index in [1.165, 1.54) is 17.3 Å². The highest BCUT2D eigenvalue weighted by molar-refractivity contribution is 6.91. The van der Waals surface area contributed by atoms with Gasteiger partial charge in [0.1, 0.15) is 5.75 Å². The molecule has 5 atom stereocenters. The quantitative estimate of drug-likeness (QED) is 0.0928. The monoisotopic (exact) mass is 815 g/mol. The number of methoxy groups -OCH3 is 1. The zero-order chi connectivity index (χ0) is 41.5. The number of aliphatic hydroxyl groups excluding tert-OH is 1. The largest absolute Gasteiger partial charge is 0.497 e. The van der Waals surface area contributed by atoms with Crippen LogP contribution in [0, 0.1) is 16.0 Å². The van der Waals surface area contributed by atoms with E-state index in [-0.39, 0.29) is 54.6 Å². The van der Waals surface area contributed by atoms with Gasteiger partial charge in [0, 0.05) is 55.1 Å². The third-order valence-corrected chi connectivity index (χ3v) is 17.0. The van der Waals surface area contributed by atoms with Crippen LogP contribution in [0.25, 0.3) is 0 Å². The highest BCUT2D eigenvalue weighted by Gasteiger charge is 2.66. The molecule has 0 saturated carbocycles. The van der Waals surface area contributed by atoms with Gasteiger partial charge in [0.05, 0.1) is 63.2 Å². The van der Waals surface area contributed by atoms with Crippen LogP contribution in [0.2, 0.25) is 18.6 Å². The van der Waals surface area contributed by atoms with Gasteiger partial charge in [-0.3, -0.25) is 24.4 Å². The van der Waals surface area contributed by atoms with Crippen LogP contribution in [0.1, 0.15) is 41.6 Å². The minimum Gasteiger partial charge on any atom is -0.497 e. The van der Waals surface area contributed by atoms with E-state index in [1.807, 2.05) is 72.9 Å². The number of hydrogen-bond acceptors (Lipinski definition) is 10. The first-order chi connectivity index (χ1) is 28.5. The molecule has 14 nitrogen and oxygen atoms in total. The third-order valence-electron chi connectivity index (χ3n) is 12.6. The molecule has 2 fully saturated rings. The fourth-order valence-corrected chi connectivity index (χ4v) is 13.6. The van der Waals surface area contributed by atoms with Crippen molar-refractivity contribution < 1.29 is 29.1 Å². The molecular formula is C44H49N7O7Si. The third kappa shape index (κ3) is 7.21. The first-order valence-electron chi connectivity index (χ1n) is 20.0. The molecule has 4 heterocycles. The lowest BCUT2D eigenvalue weighted by Crippen LogP contribution is -2.51. The van der Waals surface area contributed by atoms with Gasteiger partial charge in [-0.25, -0.2) is 0 Å². The molecular weight excluding hydrogens is 767 g/mol. The van der Waals surface area contributed by atoms with Crippen molar-refractivity contribution in [2.75, 3.05) is 43.2 Å². The van der Waals surface area contributed by atoms with Crippen LogP contribution < -0.4 is 25.0 Å². The number of benzene rings is 4. The summed E-state index contributed by atoms with van der Waals surface area (Å²) in [7, 11) is -0.877. The molecule has 2 amide bonds. The SMILES string of the molecule is COc1ccc([Si](C)(C)[C@H]2[C@H](CCn3cc(C(CO)c4ccccc4)nn3)O[C@@]3(C(=O)N(Cc4ccc(N5CCNCC5=O)cc4)c4ccc([N+](=O)[O-])cc43)[C@@H]2C)cc1. The summed E-state index contributed by atoms with van der Waals surface area (Å²) in [6, 6.07) is 30.1. The number of hydrogen-bond donors (Lipinski definition) is 2. The van der Waals surface area contributed by atoms with E-state index >= 15 is 4.79 Å². The number of nitro benzene ring substituents is 1. The Bertz CT molecular complexity index is 2340. The number of nitro groups is 1. The average Bonchev–Trinajstić information content (AvgIpc) is 3.91. The van der Waals surface area contributed by atoms with Crippen molar-refractivity contribution in [1.82, 2.24) is 20.3 Å². The standard InChI is InChI=1S/C44H49N7O7Si/c1-29-42(59(3,4)35-17-15-34(57-2)16-18-35)40(20-22-48-27-38(46-47-48)36(28-52)31-8-6-5-7-9-31)58-44(29)37-24-33(51(55)56)14-19-39(37)50(43(44)54)26-30-10-12-32(13-11-30)49-23-21-45-25-41(49)53/h5-19,24,27,29,36,40,42,45,52H,20-23,25-26,28H2,1-4H3/t29-,36?,40+,42-,44+/m1/s1. The first kappa shape index (κ1) is 40.1. The molecule has 2 N–H and O–H groups in total. The zero-order valence-electron chi connectivity index (χ0n) is 33.7. The Labute approximate surface area is 343 Å². The molecule has 2 saturated heterocycles. The Hall–Kier alpha value is -5.74. The average molecular weight is 816 g/mol. The second-order valence-electron chi connectivity index (χ2n) is 16.2. The number of non-ortho nitro benzene ring substituents is 1. The molecule has 8 rings (SSSR count).